The molecule has 3 heterocycles. The third-order valence-corrected chi connectivity index (χ3v) is 8.94. The summed E-state index contributed by atoms with van der Waals surface area (Å²) in [4.78, 5) is 31.0. The van der Waals surface area contributed by atoms with E-state index in [0.29, 0.717) is 16.0 Å². The number of rotatable bonds is 6. The summed E-state index contributed by atoms with van der Waals surface area (Å²) in [6.07, 6.45) is 6.08. The fourth-order valence-corrected chi connectivity index (χ4v) is 6.64. The molecule has 2 N–H and O–H groups in total. The fourth-order valence-electron chi connectivity index (χ4n) is 3.63. The van der Waals surface area contributed by atoms with Gasteiger partial charge in [0.2, 0.25) is 5.91 Å². The smallest absolute Gasteiger partial charge is 0.263 e. The van der Waals surface area contributed by atoms with E-state index >= 15 is 0 Å². The highest BCUT2D eigenvalue weighted by Crippen LogP contribution is 2.33. The van der Waals surface area contributed by atoms with Crippen LogP contribution in [-0.2, 0) is 19.6 Å². The van der Waals surface area contributed by atoms with Crippen LogP contribution in [-0.4, -0.2) is 65.3 Å². The maximum atomic E-state index is 13.4. The molecule has 0 radical (unpaired) electrons. The van der Waals surface area contributed by atoms with E-state index in [-0.39, 0.29) is 23.8 Å². The van der Waals surface area contributed by atoms with Crippen LogP contribution in [0.15, 0.2) is 71.2 Å². The van der Waals surface area contributed by atoms with Crippen molar-refractivity contribution in [1.82, 2.24) is 19.7 Å². The van der Waals surface area contributed by atoms with Crippen molar-refractivity contribution in [3.8, 4) is 10.4 Å². The second-order valence-electron chi connectivity index (χ2n) is 7.64. The zero-order chi connectivity index (χ0) is 25.0. The molecule has 9 nitrogen and oxygen atoms in total. The van der Waals surface area contributed by atoms with Crippen molar-refractivity contribution in [3.63, 3.8) is 0 Å². The normalized spacial score (nSPS) is 17.0. The number of hydrogen-bond acceptors (Lipinski definition) is 7. The number of sulfonamides is 1. The van der Waals surface area contributed by atoms with E-state index in [9.17, 15) is 27.6 Å². The van der Waals surface area contributed by atoms with Crippen LogP contribution in [0.1, 0.15) is 5.56 Å². The van der Waals surface area contributed by atoms with Gasteiger partial charge < -0.3 is 4.90 Å². The SMILES string of the molecule is O=C(NO)[C@H]1CN(C(=O)C=Cc2cccnc2)CCN1S(=O)(=O)c1ccc(-c2ccc(F)cc2)s1. The first-order valence-electron chi connectivity index (χ1n) is 10.5. The summed E-state index contributed by atoms with van der Waals surface area (Å²) < 4.78 is 41.0. The highest BCUT2D eigenvalue weighted by Gasteiger charge is 2.41. The monoisotopic (exact) mass is 516 g/mol. The number of carbonyl (C=O) groups is 2. The second kappa shape index (κ2) is 10.4. The summed E-state index contributed by atoms with van der Waals surface area (Å²) >= 11 is 0.983. The molecule has 2 amide bonds. The first-order valence-corrected chi connectivity index (χ1v) is 12.7. The molecule has 3 aromatic rings. The maximum absolute atomic E-state index is 13.4. The van der Waals surface area contributed by atoms with Gasteiger partial charge in [0.1, 0.15) is 16.1 Å². The summed E-state index contributed by atoms with van der Waals surface area (Å²) in [5, 5.41) is 9.22. The number of amides is 2. The second-order valence-corrected chi connectivity index (χ2v) is 10.8. The van der Waals surface area contributed by atoms with Gasteiger partial charge in [-0.15, -0.1) is 11.3 Å². The predicted octanol–water partition coefficient (Wildman–Crippen LogP) is 2.37. The van der Waals surface area contributed by atoms with E-state index in [2.05, 4.69) is 4.98 Å². The van der Waals surface area contributed by atoms with Gasteiger partial charge in [-0.2, -0.15) is 4.31 Å². The van der Waals surface area contributed by atoms with Crippen molar-refractivity contribution in [3.05, 3.63) is 78.4 Å². The van der Waals surface area contributed by atoms with Gasteiger partial charge in [-0.25, -0.2) is 18.3 Å². The number of nitrogens with zero attached hydrogens (tertiary/aromatic N) is 3. The van der Waals surface area contributed by atoms with E-state index in [4.69, 9.17) is 0 Å². The molecular weight excluding hydrogens is 495 g/mol. The van der Waals surface area contributed by atoms with E-state index in [0.717, 1.165) is 15.6 Å². The van der Waals surface area contributed by atoms with Crippen LogP contribution in [0.5, 0.6) is 0 Å². The van der Waals surface area contributed by atoms with Gasteiger partial charge in [0.25, 0.3) is 15.9 Å². The number of hydroxylamine groups is 1. The van der Waals surface area contributed by atoms with Gasteiger partial charge >= 0.3 is 0 Å². The summed E-state index contributed by atoms with van der Waals surface area (Å²) in [5.41, 5.74) is 2.86. The van der Waals surface area contributed by atoms with Crippen molar-refractivity contribution >= 4 is 39.3 Å². The molecule has 4 rings (SSSR count). The highest BCUT2D eigenvalue weighted by molar-refractivity contribution is 7.91. The summed E-state index contributed by atoms with van der Waals surface area (Å²) in [7, 11) is -4.12. The zero-order valence-electron chi connectivity index (χ0n) is 18.2. The van der Waals surface area contributed by atoms with E-state index in [1.54, 1.807) is 48.8 Å². The van der Waals surface area contributed by atoms with E-state index in [1.807, 2.05) is 0 Å². The lowest BCUT2D eigenvalue weighted by atomic mass is 10.2. The van der Waals surface area contributed by atoms with Crippen LogP contribution < -0.4 is 5.48 Å². The van der Waals surface area contributed by atoms with Crippen LogP contribution in [0.25, 0.3) is 16.5 Å². The topological polar surface area (TPSA) is 120 Å². The Morgan fingerprint density at radius 1 is 1.14 bits per heavy atom. The molecule has 0 bridgehead atoms. The van der Waals surface area contributed by atoms with Crippen molar-refractivity contribution in [2.45, 2.75) is 10.3 Å². The Bertz CT molecular complexity index is 1340. The molecule has 0 saturated carbocycles. The summed E-state index contributed by atoms with van der Waals surface area (Å²) in [6.45, 7) is -0.324. The van der Waals surface area contributed by atoms with Crippen LogP contribution in [0, 0.1) is 5.82 Å². The van der Waals surface area contributed by atoms with Crippen LogP contribution >= 0.6 is 11.3 Å². The molecule has 35 heavy (non-hydrogen) atoms. The van der Waals surface area contributed by atoms with Gasteiger partial charge in [0.05, 0.1) is 0 Å². The first-order chi connectivity index (χ1) is 16.8. The number of halogens is 1. The molecule has 1 aromatic carbocycles. The number of carbonyl (C=O) groups excluding carboxylic acids is 2. The van der Waals surface area contributed by atoms with Crippen molar-refractivity contribution in [2.75, 3.05) is 19.6 Å². The largest absolute Gasteiger partial charge is 0.336 e. The number of thiophene rings is 1. The number of benzene rings is 1. The van der Waals surface area contributed by atoms with Crippen LogP contribution in [0.2, 0.25) is 0 Å². The predicted molar refractivity (Wildman–Crippen MR) is 127 cm³/mol. The van der Waals surface area contributed by atoms with Gasteiger partial charge in [-0.3, -0.25) is 19.8 Å². The first kappa shape index (κ1) is 24.7. The fraction of sp³-hybridized carbons (Fsp3) is 0.174. The lowest BCUT2D eigenvalue weighted by molar-refractivity contribution is -0.137. The molecule has 1 aliphatic heterocycles. The average Bonchev–Trinajstić information content (AvgIpc) is 3.39. The third-order valence-electron chi connectivity index (χ3n) is 5.43. The number of piperazine rings is 1. The summed E-state index contributed by atoms with van der Waals surface area (Å²) in [5.74, 6) is -1.76. The minimum atomic E-state index is -4.12. The Morgan fingerprint density at radius 3 is 2.60 bits per heavy atom. The number of aromatic nitrogens is 1. The molecule has 1 aliphatic rings. The van der Waals surface area contributed by atoms with Crippen LogP contribution in [0.3, 0.4) is 0 Å². The molecule has 12 heteroatoms. The third kappa shape index (κ3) is 5.46. The van der Waals surface area contributed by atoms with Gasteiger partial charge in [0.15, 0.2) is 0 Å². The Kier molecular flexibility index (Phi) is 7.36. The van der Waals surface area contributed by atoms with Gasteiger partial charge in [-0.05, 0) is 47.5 Å². The standard InChI is InChI=1S/C23H21FN4O5S2/c24-18-6-4-17(5-7-18)20-8-10-22(34-20)35(32,33)28-13-12-27(15-19(28)23(30)26-31)21(29)9-3-16-2-1-11-25-14-16/h1-11,14,19,31H,12-13,15H2,(H,26,30)/t19-/m1/s1. The molecular formula is C23H21FN4O5S2. The minimum absolute atomic E-state index is 0.0104. The Morgan fingerprint density at radius 2 is 1.91 bits per heavy atom. The molecule has 2 aromatic heterocycles. The lowest BCUT2D eigenvalue weighted by Gasteiger charge is -2.38. The number of hydrogen-bond donors (Lipinski definition) is 2. The minimum Gasteiger partial charge on any atom is -0.336 e. The molecule has 0 aliphatic carbocycles. The highest BCUT2D eigenvalue weighted by atomic mass is 32.2. The van der Waals surface area contributed by atoms with Crippen LogP contribution in [0.4, 0.5) is 4.39 Å². The molecule has 182 valence electrons. The van der Waals surface area contributed by atoms with Crippen molar-refractivity contribution < 1.29 is 27.6 Å². The molecule has 0 unspecified atom stereocenters. The Balaban J connectivity index is 1.54. The summed E-state index contributed by atoms with van der Waals surface area (Å²) in [6, 6.07) is 10.8. The molecule has 1 atom stereocenters. The number of pyridine rings is 1. The molecule has 1 fully saturated rings. The Labute approximate surface area is 205 Å². The van der Waals surface area contributed by atoms with E-state index in [1.165, 1.54) is 34.7 Å². The zero-order valence-corrected chi connectivity index (χ0v) is 19.9. The van der Waals surface area contributed by atoms with E-state index < -0.39 is 33.7 Å². The van der Waals surface area contributed by atoms with Gasteiger partial charge in [-0.1, -0.05) is 18.2 Å². The lowest BCUT2D eigenvalue weighted by Crippen LogP contribution is -2.60. The maximum Gasteiger partial charge on any atom is 0.263 e. The average molecular weight is 517 g/mol. The van der Waals surface area contributed by atoms with Crippen molar-refractivity contribution in [2.24, 2.45) is 0 Å². The Hall–Kier alpha value is -3.45. The molecule has 0 spiro atoms. The molecule has 1 saturated heterocycles. The van der Waals surface area contributed by atoms with Gasteiger partial charge in [0, 0.05) is 43.0 Å². The quantitative estimate of drug-likeness (QED) is 0.295. The number of nitrogens with one attached hydrogen (secondary N) is 1. The van der Waals surface area contributed by atoms with Crippen molar-refractivity contribution in [1.29, 1.82) is 0 Å².